The molecule has 5 heteroatoms. The van der Waals surface area contributed by atoms with Crippen molar-refractivity contribution in [2.75, 3.05) is 18.1 Å². The zero-order valence-corrected chi connectivity index (χ0v) is 12.9. The SMILES string of the molecule is CCOc1cncc(C(=O)C2SCCSC2CC)c1. The first kappa shape index (κ1) is 14.7. The first-order valence-corrected chi connectivity index (χ1v) is 8.71. The Kier molecular flexibility index (Phi) is 5.58. The molecule has 0 aromatic carbocycles. The summed E-state index contributed by atoms with van der Waals surface area (Å²) in [5.41, 5.74) is 0.671. The van der Waals surface area contributed by atoms with Gasteiger partial charge in [-0.2, -0.15) is 11.8 Å². The van der Waals surface area contributed by atoms with E-state index >= 15 is 0 Å². The second kappa shape index (κ2) is 7.20. The van der Waals surface area contributed by atoms with Crippen molar-refractivity contribution in [2.24, 2.45) is 0 Å². The number of hydrogen-bond acceptors (Lipinski definition) is 5. The van der Waals surface area contributed by atoms with Crippen LogP contribution in [0.5, 0.6) is 5.75 Å². The third-order valence-corrected chi connectivity index (χ3v) is 6.27. The van der Waals surface area contributed by atoms with Crippen LogP contribution in [0.15, 0.2) is 18.5 Å². The van der Waals surface area contributed by atoms with Crippen molar-refractivity contribution in [1.29, 1.82) is 0 Å². The number of carbonyl (C=O) groups excluding carboxylic acids is 1. The van der Waals surface area contributed by atoms with Crippen LogP contribution in [0.25, 0.3) is 0 Å². The fourth-order valence-electron chi connectivity index (χ4n) is 2.11. The van der Waals surface area contributed by atoms with E-state index in [-0.39, 0.29) is 11.0 Å². The van der Waals surface area contributed by atoms with Gasteiger partial charge in [-0.1, -0.05) is 6.92 Å². The van der Waals surface area contributed by atoms with Gasteiger partial charge in [0.25, 0.3) is 0 Å². The molecule has 2 heterocycles. The van der Waals surface area contributed by atoms with Crippen molar-refractivity contribution in [3.63, 3.8) is 0 Å². The van der Waals surface area contributed by atoms with Crippen LogP contribution in [0.1, 0.15) is 30.6 Å². The van der Waals surface area contributed by atoms with E-state index in [9.17, 15) is 4.79 Å². The number of thioether (sulfide) groups is 2. The number of nitrogens with zero attached hydrogens (tertiary/aromatic N) is 1. The van der Waals surface area contributed by atoms with Gasteiger partial charge in [-0.3, -0.25) is 9.78 Å². The Morgan fingerprint density at radius 3 is 2.89 bits per heavy atom. The maximum atomic E-state index is 12.6. The second-order valence-electron chi connectivity index (χ2n) is 4.32. The van der Waals surface area contributed by atoms with E-state index < -0.39 is 0 Å². The Morgan fingerprint density at radius 2 is 2.16 bits per heavy atom. The molecule has 1 aromatic rings. The number of ether oxygens (including phenoxy) is 1. The largest absolute Gasteiger partial charge is 0.492 e. The number of Topliss-reactive ketones (excluding diaryl/α,β-unsaturated/α-hetero) is 1. The first-order chi connectivity index (χ1) is 9.26. The summed E-state index contributed by atoms with van der Waals surface area (Å²) in [6.45, 7) is 4.67. The molecular formula is C14H19NO2S2. The van der Waals surface area contributed by atoms with Crippen LogP contribution >= 0.6 is 23.5 Å². The van der Waals surface area contributed by atoms with E-state index in [2.05, 4.69) is 11.9 Å². The van der Waals surface area contributed by atoms with Crippen LogP contribution in [0.4, 0.5) is 0 Å². The van der Waals surface area contributed by atoms with Crippen molar-refractivity contribution in [1.82, 2.24) is 4.98 Å². The number of rotatable bonds is 5. The molecule has 2 unspecified atom stereocenters. The van der Waals surface area contributed by atoms with Crippen molar-refractivity contribution < 1.29 is 9.53 Å². The number of carbonyl (C=O) groups is 1. The van der Waals surface area contributed by atoms with Crippen molar-refractivity contribution in [2.45, 2.75) is 30.8 Å². The molecule has 0 aliphatic carbocycles. The fraction of sp³-hybridized carbons (Fsp3) is 0.571. The van der Waals surface area contributed by atoms with Crippen LogP contribution in [0.3, 0.4) is 0 Å². The highest BCUT2D eigenvalue weighted by Crippen LogP contribution is 2.35. The molecule has 2 atom stereocenters. The Morgan fingerprint density at radius 1 is 1.37 bits per heavy atom. The maximum Gasteiger partial charge on any atom is 0.178 e. The summed E-state index contributed by atoms with van der Waals surface area (Å²) >= 11 is 3.69. The third-order valence-electron chi connectivity index (χ3n) is 3.02. The molecule has 104 valence electrons. The molecule has 2 rings (SSSR count). The highest BCUT2D eigenvalue weighted by Gasteiger charge is 2.31. The lowest BCUT2D eigenvalue weighted by molar-refractivity contribution is 0.0987. The molecule has 1 aliphatic heterocycles. The summed E-state index contributed by atoms with van der Waals surface area (Å²) < 4.78 is 5.41. The molecule has 0 bridgehead atoms. The van der Waals surface area contributed by atoms with Crippen LogP contribution < -0.4 is 4.74 Å². The van der Waals surface area contributed by atoms with Gasteiger partial charge in [0.15, 0.2) is 5.78 Å². The smallest absolute Gasteiger partial charge is 0.178 e. The van der Waals surface area contributed by atoms with E-state index in [0.29, 0.717) is 23.2 Å². The number of hydrogen-bond donors (Lipinski definition) is 0. The molecule has 1 aliphatic rings. The molecule has 0 N–H and O–H groups in total. The number of pyridine rings is 1. The topological polar surface area (TPSA) is 39.2 Å². The minimum atomic E-state index is 0.0578. The van der Waals surface area contributed by atoms with Crippen LogP contribution in [0.2, 0.25) is 0 Å². The average Bonchev–Trinajstić information content (AvgIpc) is 2.47. The van der Waals surface area contributed by atoms with Gasteiger partial charge in [0.2, 0.25) is 0 Å². The van der Waals surface area contributed by atoms with Gasteiger partial charge in [-0.15, -0.1) is 11.8 Å². The normalized spacial score (nSPS) is 23.1. The molecule has 3 nitrogen and oxygen atoms in total. The fourth-order valence-corrected chi connectivity index (χ4v) is 5.14. The molecule has 0 saturated carbocycles. The summed E-state index contributed by atoms with van der Waals surface area (Å²) in [7, 11) is 0. The molecule has 0 spiro atoms. The van der Waals surface area contributed by atoms with Gasteiger partial charge in [0.05, 0.1) is 18.1 Å². The maximum absolute atomic E-state index is 12.6. The minimum Gasteiger partial charge on any atom is -0.492 e. The summed E-state index contributed by atoms with van der Waals surface area (Å²) in [5.74, 6) is 3.06. The molecular weight excluding hydrogens is 278 g/mol. The Labute approximate surface area is 122 Å². The molecule has 0 radical (unpaired) electrons. The highest BCUT2D eigenvalue weighted by atomic mass is 32.2. The van der Waals surface area contributed by atoms with Gasteiger partial charge < -0.3 is 4.74 Å². The predicted octanol–water partition coefficient (Wildman–Crippen LogP) is 3.29. The van der Waals surface area contributed by atoms with Crippen molar-refractivity contribution in [3.8, 4) is 5.75 Å². The van der Waals surface area contributed by atoms with E-state index in [1.54, 1.807) is 24.2 Å². The highest BCUT2D eigenvalue weighted by molar-refractivity contribution is 8.07. The second-order valence-corrected chi connectivity index (χ2v) is 6.91. The minimum absolute atomic E-state index is 0.0578. The number of ketones is 1. The lowest BCUT2D eigenvalue weighted by atomic mass is 10.1. The summed E-state index contributed by atoms with van der Waals surface area (Å²) in [4.78, 5) is 16.7. The monoisotopic (exact) mass is 297 g/mol. The Bertz CT molecular complexity index is 439. The molecule has 19 heavy (non-hydrogen) atoms. The zero-order valence-electron chi connectivity index (χ0n) is 11.3. The van der Waals surface area contributed by atoms with Gasteiger partial charge in [0, 0.05) is 28.5 Å². The molecule has 1 aromatic heterocycles. The van der Waals surface area contributed by atoms with Crippen LogP contribution in [-0.2, 0) is 0 Å². The standard InChI is InChI=1S/C14H19NO2S2/c1-3-12-14(19-6-5-18-12)13(16)10-7-11(17-4-2)9-15-8-10/h7-9,12,14H,3-6H2,1-2H3. The summed E-state index contributed by atoms with van der Waals surface area (Å²) in [6.07, 6.45) is 4.34. The average molecular weight is 297 g/mol. The van der Waals surface area contributed by atoms with E-state index in [4.69, 9.17) is 4.74 Å². The van der Waals surface area contributed by atoms with E-state index in [1.165, 1.54) is 0 Å². The lowest BCUT2D eigenvalue weighted by Crippen LogP contribution is -2.32. The molecule has 1 saturated heterocycles. The lowest BCUT2D eigenvalue weighted by Gasteiger charge is -2.28. The third kappa shape index (κ3) is 3.66. The Balaban J connectivity index is 2.15. The zero-order chi connectivity index (χ0) is 13.7. The van der Waals surface area contributed by atoms with Crippen LogP contribution in [0, 0.1) is 0 Å². The van der Waals surface area contributed by atoms with Crippen molar-refractivity contribution in [3.05, 3.63) is 24.0 Å². The van der Waals surface area contributed by atoms with Gasteiger partial charge in [0.1, 0.15) is 5.75 Å². The van der Waals surface area contributed by atoms with E-state index in [1.807, 2.05) is 24.8 Å². The summed E-state index contributed by atoms with van der Waals surface area (Å²) in [6, 6.07) is 1.81. The molecule has 1 fully saturated rings. The van der Waals surface area contributed by atoms with Gasteiger partial charge in [-0.05, 0) is 19.4 Å². The van der Waals surface area contributed by atoms with Crippen LogP contribution in [-0.4, -0.2) is 39.4 Å². The number of aromatic nitrogens is 1. The van der Waals surface area contributed by atoms with Gasteiger partial charge in [-0.25, -0.2) is 0 Å². The Hall–Kier alpha value is -0.680. The predicted molar refractivity (Wildman–Crippen MR) is 82.5 cm³/mol. The molecule has 0 amide bonds. The van der Waals surface area contributed by atoms with Crippen molar-refractivity contribution >= 4 is 29.3 Å². The first-order valence-electron chi connectivity index (χ1n) is 6.61. The van der Waals surface area contributed by atoms with E-state index in [0.717, 1.165) is 17.9 Å². The summed E-state index contributed by atoms with van der Waals surface area (Å²) in [5, 5.41) is 0.476. The quantitative estimate of drug-likeness (QED) is 0.780. The van der Waals surface area contributed by atoms with Gasteiger partial charge >= 0.3 is 0 Å².